The lowest BCUT2D eigenvalue weighted by Gasteiger charge is -2.51. The van der Waals surface area contributed by atoms with Crippen LogP contribution in [0.5, 0.6) is 0 Å². The Hall–Kier alpha value is -2.83. The lowest BCUT2D eigenvalue weighted by Crippen LogP contribution is -2.55. The maximum absolute atomic E-state index is 12.9. The van der Waals surface area contributed by atoms with Crippen molar-refractivity contribution in [1.29, 1.82) is 0 Å². The van der Waals surface area contributed by atoms with Crippen LogP contribution in [0.2, 0.25) is 0 Å². The Bertz CT molecular complexity index is 954. The van der Waals surface area contributed by atoms with Gasteiger partial charge < -0.3 is 10.2 Å². The molecule has 1 aliphatic rings. The van der Waals surface area contributed by atoms with Crippen LogP contribution in [-0.4, -0.2) is 23.5 Å². The molecule has 2 aromatic carbocycles. The van der Waals surface area contributed by atoms with E-state index in [1.807, 2.05) is 56.4 Å². The van der Waals surface area contributed by atoms with E-state index in [2.05, 4.69) is 0 Å². The Balaban J connectivity index is 2.28. The van der Waals surface area contributed by atoms with Gasteiger partial charge in [-0.05, 0) is 37.5 Å². The summed E-state index contributed by atoms with van der Waals surface area (Å²) in [7, 11) is 0. The quantitative estimate of drug-likeness (QED) is 0.763. The van der Waals surface area contributed by atoms with Crippen LogP contribution in [0.3, 0.4) is 0 Å². The number of amides is 2. The maximum atomic E-state index is 12.9. The molecule has 1 unspecified atom stereocenters. The fourth-order valence-corrected chi connectivity index (χ4v) is 4.51. The van der Waals surface area contributed by atoms with Gasteiger partial charge in [0, 0.05) is 17.9 Å². The molecule has 0 saturated carbocycles. The number of halogens is 3. The van der Waals surface area contributed by atoms with Crippen LogP contribution in [-0.2, 0) is 15.0 Å². The highest BCUT2D eigenvalue weighted by molar-refractivity contribution is 6.04. The lowest BCUT2D eigenvalue weighted by atomic mass is 9.65. The molecule has 29 heavy (non-hydrogen) atoms. The van der Waals surface area contributed by atoms with E-state index >= 15 is 0 Å². The highest BCUT2D eigenvalue weighted by atomic mass is 19.4. The molecule has 1 N–H and O–H groups in total. The molecule has 0 fully saturated rings. The first-order valence-corrected chi connectivity index (χ1v) is 9.26. The number of rotatable bonds is 2. The summed E-state index contributed by atoms with van der Waals surface area (Å²) < 4.78 is 38.7. The van der Waals surface area contributed by atoms with Crippen molar-refractivity contribution >= 4 is 23.2 Å². The van der Waals surface area contributed by atoms with Crippen LogP contribution in [0.25, 0.3) is 0 Å². The van der Waals surface area contributed by atoms with Crippen molar-refractivity contribution in [2.45, 2.75) is 51.2 Å². The number of alkyl halides is 3. The Labute approximate surface area is 167 Å². The molecular weight excluding hydrogens is 381 g/mol. The van der Waals surface area contributed by atoms with E-state index in [1.54, 1.807) is 12.1 Å². The third-order valence-electron chi connectivity index (χ3n) is 5.48. The summed E-state index contributed by atoms with van der Waals surface area (Å²) in [6.07, 6.45) is -4.47. The Morgan fingerprint density at radius 3 is 2.17 bits per heavy atom. The Kier molecular flexibility index (Phi) is 4.97. The minimum Gasteiger partial charge on any atom is -0.316 e. The molecule has 0 spiro atoms. The molecule has 154 valence electrons. The van der Waals surface area contributed by atoms with Gasteiger partial charge in [-0.25, -0.2) is 0 Å². The molecule has 0 aliphatic carbocycles. The van der Waals surface area contributed by atoms with E-state index in [9.17, 15) is 22.8 Å². The summed E-state index contributed by atoms with van der Waals surface area (Å²) in [5.41, 5.74) is 0.693. The maximum Gasteiger partial charge on any atom is 0.471 e. The lowest BCUT2D eigenvalue weighted by molar-refractivity contribution is -0.167. The number of carbonyl (C=O) groups excluding carboxylic acids is 2. The van der Waals surface area contributed by atoms with Crippen molar-refractivity contribution in [1.82, 2.24) is 0 Å². The number of fused-ring (bicyclic) bond motifs is 1. The summed E-state index contributed by atoms with van der Waals surface area (Å²) in [6, 6.07) is 14.4. The number of benzene rings is 2. The van der Waals surface area contributed by atoms with Gasteiger partial charge in [-0.15, -0.1) is 0 Å². The third kappa shape index (κ3) is 3.61. The van der Waals surface area contributed by atoms with E-state index in [0.717, 1.165) is 5.56 Å². The van der Waals surface area contributed by atoms with Crippen molar-refractivity contribution in [2.75, 3.05) is 10.2 Å². The van der Waals surface area contributed by atoms with Crippen molar-refractivity contribution < 1.29 is 22.8 Å². The third-order valence-corrected chi connectivity index (χ3v) is 5.48. The van der Waals surface area contributed by atoms with E-state index in [4.69, 9.17) is 0 Å². The van der Waals surface area contributed by atoms with Gasteiger partial charge in [-0.1, -0.05) is 49.4 Å². The van der Waals surface area contributed by atoms with Gasteiger partial charge in [-0.2, -0.15) is 13.2 Å². The first-order valence-electron chi connectivity index (χ1n) is 9.26. The van der Waals surface area contributed by atoms with Crippen LogP contribution in [0.15, 0.2) is 48.5 Å². The van der Waals surface area contributed by atoms with Crippen LogP contribution < -0.4 is 10.2 Å². The van der Waals surface area contributed by atoms with Gasteiger partial charge in [0.05, 0.1) is 11.4 Å². The van der Waals surface area contributed by atoms with Crippen LogP contribution >= 0.6 is 0 Å². The second kappa shape index (κ2) is 6.90. The van der Waals surface area contributed by atoms with Crippen molar-refractivity contribution in [3.8, 4) is 0 Å². The predicted molar refractivity (Wildman–Crippen MR) is 106 cm³/mol. The SMILES string of the molecule is CC(=O)N1c2c(NC(=O)C(F)(F)F)cccc2C(C)(c2ccccc2)CC1(C)C. The van der Waals surface area contributed by atoms with Gasteiger partial charge in [-0.3, -0.25) is 9.59 Å². The summed E-state index contributed by atoms with van der Waals surface area (Å²) in [5.74, 6) is -2.38. The van der Waals surface area contributed by atoms with E-state index in [1.165, 1.54) is 17.9 Å². The standard InChI is InChI=1S/C22H23F3N2O2/c1-14(28)27-18-16(11-8-12-17(18)26-19(29)22(23,24)25)21(4,13-20(27,2)3)15-9-6-5-7-10-15/h5-12H,13H2,1-4H3,(H,26,29). The molecule has 2 aromatic rings. The molecule has 1 atom stereocenters. The Morgan fingerprint density at radius 1 is 1.00 bits per heavy atom. The highest BCUT2D eigenvalue weighted by Crippen LogP contribution is 2.52. The molecule has 4 nitrogen and oxygen atoms in total. The molecule has 0 radical (unpaired) electrons. The highest BCUT2D eigenvalue weighted by Gasteiger charge is 2.48. The fourth-order valence-electron chi connectivity index (χ4n) is 4.51. The fraction of sp³-hybridized carbons (Fsp3) is 0.364. The van der Waals surface area contributed by atoms with Gasteiger partial charge >= 0.3 is 12.1 Å². The first kappa shape index (κ1) is 20.9. The van der Waals surface area contributed by atoms with Crippen LogP contribution in [0.1, 0.15) is 45.2 Å². The normalized spacial score (nSPS) is 20.7. The van der Waals surface area contributed by atoms with Crippen molar-refractivity contribution in [2.24, 2.45) is 0 Å². The molecule has 0 aromatic heterocycles. The molecule has 1 aliphatic heterocycles. The number of nitrogens with one attached hydrogen (secondary N) is 1. The summed E-state index contributed by atoms with van der Waals surface area (Å²) in [4.78, 5) is 25.7. The monoisotopic (exact) mass is 404 g/mol. The molecular formula is C22H23F3N2O2. The van der Waals surface area contributed by atoms with Gasteiger partial charge in [0.1, 0.15) is 0 Å². The molecule has 7 heteroatoms. The zero-order valence-corrected chi connectivity index (χ0v) is 16.7. The van der Waals surface area contributed by atoms with Crippen molar-refractivity contribution in [3.05, 3.63) is 59.7 Å². The summed E-state index contributed by atoms with van der Waals surface area (Å²) in [5, 5.41) is 1.96. The topological polar surface area (TPSA) is 49.4 Å². The average Bonchev–Trinajstić information content (AvgIpc) is 2.61. The number of para-hydroxylation sites is 1. The molecule has 0 bridgehead atoms. The zero-order chi connectivity index (χ0) is 21.6. The summed E-state index contributed by atoms with van der Waals surface area (Å²) >= 11 is 0. The molecule has 3 rings (SSSR count). The Morgan fingerprint density at radius 2 is 1.62 bits per heavy atom. The average molecular weight is 404 g/mol. The van der Waals surface area contributed by atoms with E-state index < -0.39 is 23.0 Å². The van der Waals surface area contributed by atoms with E-state index in [-0.39, 0.29) is 11.6 Å². The molecule has 0 saturated heterocycles. The van der Waals surface area contributed by atoms with Gasteiger partial charge in [0.2, 0.25) is 5.91 Å². The van der Waals surface area contributed by atoms with Crippen LogP contribution in [0.4, 0.5) is 24.5 Å². The summed E-state index contributed by atoms with van der Waals surface area (Å²) in [6.45, 7) is 7.14. The van der Waals surface area contributed by atoms with Gasteiger partial charge in [0.15, 0.2) is 0 Å². The zero-order valence-electron chi connectivity index (χ0n) is 16.7. The second-order valence-electron chi connectivity index (χ2n) is 8.20. The number of carbonyl (C=O) groups is 2. The van der Waals surface area contributed by atoms with E-state index in [0.29, 0.717) is 17.7 Å². The number of nitrogens with zero attached hydrogens (tertiary/aromatic N) is 1. The number of hydrogen-bond acceptors (Lipinski definition) is 2. The second-order valence-corrected chi connectivity index (χ2v) is 8.20. The minimum absolute atomic E-state index is 0.0324. The van der Waals surface area contributed by atoms with Crippen LogP contribution in [0, 0.1) is 0 Å². The smallest absolute Gasteiger partial charge is 0.316 e. The number of hydrogen-bond donors (Lipinski definition) is 1. The molecule has 1 heterocycles. The van der Waals surface area contributed by atoms with Gasteiger partial charge in [0.25, 0.3) is 0 Å². The largest absolute Gasteiger partial charge is 0.471 e. The predicted octanol–water partition coefficient (Wildman–Crippen LogP) is 5.03. The molecule has 2 amide bonds. The minimum atomic E-state index is -5.03. The first-order chi connectivity index (χ1) is 13.4. The number of anilines is 2. The van der Waals surface area contributed by atoms with Crippen molar-refractivity contribution in [3.63, 3.8) is 0 Å².